The second kappa shape index (κ2) is 8.48. The molecule has 1 N–H and O–H groups in total. The molecule has 0 saturated carbocycles. The molecule has 9 heteroatoms. The molecule has 2 saturated heterocycles. The molecule has 1 atom stereocenters. The molecule has 2 aromatic rings. The van der Waals surface area contributed by atoms with Crippen molar-refractivity contribution in [3.05, 3.63) is 22.6 Å². The van der Waals surface area contributed by atoms with Crippen LogP contribution in [0.5, 0.6) is 0 Å². The van der Waals surface area contributed by atoms with Gasteiger partial charge < -0.3 is 15.0 Å². The molecule has 4 rings (SSSR count). The van der Waals surface area contributed by atoms with E-state index in [1.54, 1.807) is 0 Å². The summed E-state index contributed by atoms with van der Waals surface area (Å²) in [5.41, 5.74) is 0.896. The second-order valence-electron chi connectivity index (χ2n) is 7.28. The Hall–Kier alpha value is -2.13. The quantitative estimate of drug-likeness (QED) is 0.821. The third-order valence-electron chi connectivity index (χ3n) is 5.31. The number of hydrogen-bond acceptors (Lipinski definition) is 8. The van der Waals surface area contributed by atoms with Crippen molar-refractivity contribution >= 4 is 28.2 Å². The van der Waals surface area contributed by atoms with Crippen LogP contribution in [0.25, 0.3) is 0 Å². The number of aromatic nitrogens is 4. The summed E-state index contributed by atoms with van der Waals surface area (Å²) in [6.45, 7) is 6.09. The van der Waals surface area contributed by atoms with Crippen LogP contribution in [0.3, 0.4) is 0 Å². The van der Waals surface area contributed by atoms with Crippen LogP contribution < -0.4 is 5.32 Å². The standard InChI is InChI=1S/C19H26N6O2S/c1-3-17-23-24-19(28-17)22-16-11-14(20-12(2)21-16)15-5-4-8-25(15)18(26)13-6-9-27-10-7-13/h11,13,15H,3-10H2,1-2H3,(H,20,21,22,24)/t15-/m1/s1. The number of nitrogens with one attached hydrogen (secondary N) is 1. The van der Waals surface area contributed by atoms with E-state index in [0.29, 0.717) is 24.9 Å². The van der Waals surface area contributed by atoms with Crippen LogP contribution in [-0.2, 0) is 16.0 Å². The van der Waals surface area contributed by atoms with Crippen LogP contribution in [0.15, 0.2) is 6.07 Å². The molecule has 0 bridgehead atoms. The Morgan fingerprint density at radius 3 is 2.86 bits per heavy atom. The van der Waals surface area contributed by atoms with Crippen LogP contribution in [0.2, 0.25) is 0 Å². The number of carbonyl (C=O) groups excluding carboxylic acids is 1. The van der Waals surface area contributed by atoms with Crippen LogP contribution in [0, 0.1) is 12.8 Å². The molecule has 0 aromatic carbocycles. The van der Waals surface area contributed by atoms with Gasteiger partial charge in [-0.25, -0.2) is 9.97 Å². The third-order valence-corrected chi connectivity index (χ3v) is 6.29. The van der Waals surface area contributed by atoms with Gasteiger partial charge in [-0.1, -0.05) is 18.3 Å². The Labute approximate surface area is 168 Å². The molecular formula is C19H26N6O2S. The summed E-state index contributed by atoms with van der Waals surface area (Å²) in [5, 5.41) is 13.3. The van der Waals surface area contributed by atoms with Gasteiger partial charge in [0.1, 0.15) is 16.6 Å². The highest BCUT2D eigenvalue weighted by molar-refractivity contribution is 7.15. The molecule has 28 heavy (non-hydrogen) atoms. The largest absolute Gasteiger partial charge is 0.381 e. The smallest absolute Gasteiger partial charge is 0.226 e. The van der Waals surface area contributed by atoms with Crippen LogP contribution in [0.4, 0.5) is 10.9 Å². The maximum absolute atomic E-state index is 13.1. The maximum atomic E-state index is 13.1. The Balaban J connectivity index is 1.53. The molecule has 0 spiro atoms. The molecule has 2 aromatic heterocycles. The number of rotatable bonds is 5. The van der Waals surface area contributed by atoms with Gasteiger partial charge in [-0.05, 0) is 39.0 Å². The molecule has 150 valence electrons. The van der Waals surface area contributed by atoms with Crippen molar-refractivity contribution in [2.45, 2.75) is 52.0 Å². The SMILES string of the molecule is CCc1nnc(Nc2cc([C@H]3CCCN3C(=O)C3CCOCC3)nc(C)n2)s1. The third kappa shape index (κ3) is 4.15. The molecule has 1 amide bonds. The Morgan fingerprint density at radius 1 is 1.29 bits per heavy atom. The van der Waals surface area contributed by atoms with Crippen molar-refractivity contribution in [3.8, 4) is 0 Å². The van der Waals surface area contributed by atoms with Gasteiger partial charge in [-0.15, -0.1) is 10.2 Å². The van der Waals surface area contributed by atoms with Crippen molar-refractivity contribution in [1.29, 1.82) is 0 Å². The van der Waals surface area contributed by atoms with Gasteiger partial charge >= 0.3 is 0 Å². The predicted molar refractivity (Wildman–Crippen MR) is 107 cm³/mol. The zero-order chi connectivity index (χ0) is 19.5. The van der Waals surface area contributed by atoms with Crippen molar-refractivity contribution in [3.63, 3.8) is 0 Å². The number of likely N-dealkylation sites (tertiary alicyclic amines) is 1. The lowest BCUT2D eigenvalue weighted by Crippen LogP contribution is -2.38. The van der Waals surface area contributed by atoms with Crippen molar-refractivity contribution in [1.82, 2.24) is 25.1 Å². The minimum atomic E-state index is 0.0122. The maximum Gasteiger partial charge on any atom is 0.226 e. The summed E-state index contributed by atoms with van der Waals surface area (Å²) in [7, 11) is 0. The van der Waals surface area contributed by atoms with E-state index in [1.807, 2.05) is 17.9 Å². The van der Waals surface area contributed by atoms with Crippen molar-refractivity contribution < 1.29 is 9.53 Å². The minimum absolute atomic E-state index is 0.0122. The molecule has 2 fully saturated rings. The summed E-state index contributed by atoms with van der Waals surface area (Å²) in [6, 6.07) is 1.96. The van der Waals surface area contributed by atoms with Crippen molar-refractivity contribution in [2.24, 2.45) is 5.92 Å². The highest BCUT2D eigenvalue weighted by Crippen LogP contribution is 2.34. The summed E-state index contributed by atoms with van der Waals surface area (Å²) < 4.78 is 5.41. The van der Waals surface area contributed by atoms with E-state index in [4.69, 9.17) is 4.74 Å². The monoisotopic (exact) mass is 402 g/mol. The van der Waals surface area contributed by atoms with E-state index < -0.39 is 0 Å². The fourth-order valence-electron chi connectivity index (χ4n) is 3.90. The molecule has 0 unspecified atom stereocenters. The van der Waals surface area contributed by atoms with Crippen LogP contribution >= 0.6 is 11.3 Å². The first-order chi connectivity index (χ1) is 13.6. The first-order valence-electron chi connectivity index (χ1n) is 9.97. The lowest BCUT2D eigenvalue weighted by Gasteiger charge is -2.30. The molecule has 2 aliphatic rings. The van der Waals surface area contributed by atoms with E-state index in [-0.39, 0.29) is 17.9 Å². The van der Waals surface area contributed by atoms with Gasteiger partial charge in [0.2, 0.25) is 11.0 Å². The summed E-state index contributed by atoms with van der Waals surface area (Å²) in [4.78, 5) is 24.2. The van der Waals surface area contributed by atoms with E-state index in [1.165, 1.54) is 11.3 Å². The van der Waals surface area contributed by atoms with E-state index in [0.717, 1.165) is 54.5 Å². The number of nitrogens with zero attached hydrogens (tertiary/aromatic N) is 5. The van der Waals surface area contributed by atoms with E-state index in [2.05, 4.69) is 32.4 Å². The molecule has 2 aliphatic heterocycles. The topological polar surface area (TPSA) is 93.1 Å². The number of amides is 1. The van der Waals surface area contributed by atoms with Crippen LogP contribution in [0.1, 0.15) is 55.2 Å². The highest BCUT2D eigenvalue weighted by atomic mass is 32.1. The van der Waals surface area contributed by atoms with Gasteiger partial charge in [0.05, 0.1) is 11.7 Å². The van der Waals surface area contributed by atoms with Gasteiger partial charge in [0.15, 0.2) is 0 Å². The fourth-order valence-corrected chi connectivity index (χ4v) is 4.59. The Bertz CT molecular complexity index is 836. The predicted octanol–water partition coefficient (Wildman–Crippen LogP) is 3.03. The normalized spacial score (nSPS) is 20.5. The number of ether oxygens (including phenoxy) is 1. The first-order valence-corrected chi connectivity index (χ1v) is 10.8. The lowest BCUT2D eigenvalue weighted by atomic mass is 9.98. The number of aryl methyl sites for hydroxylation is 2. The average molecular weight is 403 g/mol. The first kappa shape index (κ1) is 19.2. The van der Waals surface area contributed by atoms with Gasteiger partial charge in [-0.2, -0.15) is 0 Å². The molecular weight excluding hydrogens is 376 g/mol. The van der Waals surface area contributed by atoms with Crippen LogP contribution in [-0.4, -0.2) is 50.7 Å². The summed E-state index contributed by atoms with van der Waals surface area (Å²) in [5.74, 6) is 1.70. The molecule has 4 heterocycles. The van der Waals surface area contributed by atoms with Gasteiger partial charge in [0, 0.05) is 31.7 Å². The fraction of sp³-hybridized carbons (Fsp3) is 0.632. The van der Waals surface area contributed by atoms with Gasteiger partial charge in [-0.3, -0.25) is 4.79 Å². The van der Waals surface area contributed by atoms with E-state index >= 15 is 0 Å². The molecule has 0 aliphatic carbocycles. The highest BCUT2D eigenvalue weighted by Gasteiger charge is 2.35. The zero-order valence-electron chi connectivity index (χ0n) is 16.3. The zero-order valence-corrected chi connectivity index (χ0v) is 17.2. The number of hydrogen-bond donors (Lipinski definition) is 1. The average Bonchev–Trinajstić information content (AvgIpc) is 3.37. The summed E-state index contributed by atoms with van der Waals surface area (Å²) >= 11 is 1.53. The lowest BCUT2D eigenvalue weighted by molar-refractivity contribution is -0.139. The molecule has 8 nitrogen and oxygen atoms in total. The van der Waals surface area contributed by atoms with Gasteiger partial charge in [0.25, 0.3) is 0 Å². The second-order valence-corrected chi connectivity index (χ2v) is 8.34. The molecule has 0 radical (unpaired) electrons. The number of carbonyl (C=O) groups is 1. The Morgan fingerprint density at radius 2 is 2.11 bits per heavy atom. The van der Waals surface area contributed by atoms with Crippen molar-refractivity contribution in [2.75, 3.05) is 25.1 Å². The Kier molecular flexibility index (Phi) is 5.82. The summed E-state index contributed by atoms with van der Waals surface area (Å²) in [6.07, 6.45) is 4.42. The minimum Gasteiger partial charge on any atom is -0.381 e. The van der Waals surface area contributed by atoms with E-state index in [9.17, 15) is 4.79 Å². The number of anilines is 2.